The molecule has 2 atom stereocenters. The first-order valence-electron chi connectivity index (χ1n) is 21.6. The van der Waals surface area contributed by atoms with Gasteiger partial charge >= 0.3 is 0 Å². The van der Waals surface area contributed by atoms with E-state index in [1.165, 1.54) is 186 Å². The van der Waals surface area contributed by atoms with Crippen LogP contribution in [0.25, 0.3) is 0 Å². The van der Waals surface area contributed by atoms with E-state index in [0.29, 0.717) is 6.10 Å². The molecule has 3 nitrogen and oxygen atoms in total. The van der Waals surface area contributed by atoms with Crippen LogP contribution in [-0.4, -0.2) is 43.5 Å². The molecule has 0 aliphatic carbocycles. The Morgan fingerprint density at radius 1 is 0.542 bits per heavy atom. The van der Waals surface area contributed by atoms with Gasteiger partial charge < -0.3 is 14.4 Å². The third kappa shape index (κ3) is 23.5. The molecule has 2 aliphatic heterocycles. The zero-order valence-electron chi connectivity index (χ0n) is 32.7. The van der Waals surface area contributed by atoms with E-state index in [4.69, 9.17) is 9.47 Å². The zero-order chi connectivity index (χ0) is 34.2. The highest BCUT2D eigenvalue weighted by Crippen LogP contribution is 2.37. The van der Waals surface area contributed by atoms with E-state index >= 15 is 0 Å². The summed E-state index contributed by atoms with van der Waals surface area (Å²) >= 11 is 0. The molecule has 0 saturated carbocycles. The Balaban J connectivity index is 1.57. The number of unbranched alkanes of at least 4 members (excludes halogenated alkanes) is 20. The summed E-state index contributed by atoms with van der Waals surface area (Å²) in [5.74, 6) is 0.514. The maximum Gasteiger partial charge on any atom is 0.168 e. The topological polar surface area (TPSA) is 21.7 Å². The minimum atomic E-state index is -0.299. The summed E-state index contributed by atoms with van der Waals surface area (Å²) in [4.78, 5) is 2.48. The number of piperidine rings is 1. The zero-order valence-corrected chi connectivity index (χ0v) is 32.7. The molecule has 2 unspecified atom stereocenters. The molecular formula is C45H83NO2. The molecular weight excluding hydrogens is 587 g/mol. The fraction of sp³-hybridized carbons (Fsp3) is 0.867. The number of likely N-dealkylation sites (tertiary alicyclic amines) is 1. The average Bonchev–Trinajstić information content (AvgIpc) is 3.49. The molecule has 3 heteroatoms. The van der Waals surface area contributed by atoms with Crippen LogP contribution in [0.5, 0.6) is 0 Å². The summed E-state index contributed by atoms with van der Waals surface area (Å²) < 4.78 is 13.5. The number of hydrogen-bond acceptors (Lipinski definition) is 3. The second kappa shape index (κ2) is 30.9. The van der Waals surface area contributed by atoms with Gasteiger partial charge in [0, 0.05) is 12.8 Å². The minimum absolute atomic E-state index is 0.299. The number of allylic oxidation sites excluding steroid dienone is 6. The lowest BCUT2D eigenvalue weighted by Crippen LogP contribution is -2.33. The second-order valence-corrected chi connectivity index (χ2v) is 15.6. The van der Waals surface area contributed by atoms with E-state index in [1.807, 2.05) is 0 Å². The van der Waals surface area contributed by atoms with E-state index in [9.17, 15) is 0 Å². The average molecular weight is 670 g/mol. The van der Waals surface area contributed by atoms with Crippen LogP contribution in [0.1, 0.15) is 206 Å². The molecule has 2 rings (SSSR count). The smallest absolute Gasteiger partial charge is 0.168 e. The molecule has 0 N–H and O–H groups in total. The number of nitrogens with zero attached hydrogens (tertiary/aromatic N) is 1. The van der Waals surface area contributed by atoms with Gasteiger partial charge in [-0.1, -0.05) is 140 Å². The number of ether oxygens (including phenoxy) is 2. The predicted octanol–water partition coefficient (Wildman–Crippen LogP) is 14.1. The summed E-state index contributed by atoms with van der Waals surface area (Å²) in [6.45, 7) is 7.87. The van der Waals surface area contributed by atoms with E-state index in [2.05, 4.69) is 62.3 Å². The highest BCUT2D eigenvalue weighted by atomic mass is 16.7. The van der Waals surface area contributed by atoms with Gasteiger partial charge in [-0.05, 0) is 116 Å². The van der Waals surface area contributed by atoms with Crippen LogP contribution >= 0.6 is 0 Å². The fourth-order valence-electron chi connectivity index (χ4n) is 7.64. The van der Waals surface area contributed by atoms with E-state index < -0.39 is 0 Å². The molecule has 0 aromatic rings. The van der Waals surface area contributed by atoms with Gasteiger partial charge in [0.2, 0.25) is 0 Å². The predicted molar refractivity (Wildman–Crippen MR) is 212 cm³/mol. The van der Waals surface area contributed by atoms with Crippen molar-refractivity contribution < 1.29 is 9.47 Å². The second-order valence-electron chi connectivity index (χ2n) is 15.6. The third-order valence-corrected chi connectivity index (χ3v) is 10.9. The first-order valence-corrected chi connectivity index (χ1v) is 21.6. The first kappa shape index (κ1) is 43.3. The Labute approximate surface area is 301 Å². The summed E-state index contributed by atoms with van der Waals surface area (Å²) in [6.07, 6.45) is 53.8. The molecule has 2 heterocycles. The molecule has 2 aliphatic rings. The molecule has 280 valence electrons. The van der Waals surface area contributed by atoms with Crippen molar-refractivity contribution in [3.05, 3.63) is 36.5 Å². The molecule has 0 spiro atoms. The van der Waals surface area contributed by atoms with Crippen molar-refractivity contribution >= 4 is 0 Å². The van der Waals surface area contributed by atoms with Gasteiger partial charge in [-0.3, -0.25) is 0 Å². The molecule has 0 bridgehead atoms. The van der Waals surface area contributed by atoms with Crippen LogP contribution in [0.2, 0.25) is 0 Å². The Bertz CT molecular complexity index is 782. The van der Waals surface area contributed by atoms with Gasteiger partial charge in [-0.15, -0.1) is 0 Å². The van der Waals surface area contributed by atoms with Crippen LogP contribution in [0.4, 0.5) is 0 Å². The van der Waals surface area contributed by atoms with E-state index in [1.54, 1.807) is 0 Å². The normalized spacial score (nSPS) is 21.2. The Morgan fingerprint density at radius 2 is 0.958 bits per heavy atom. The van der Waals surface area contributed by atoms with Crippen LogP contribution < -0.4 is 0 Å². The van der Waals surface area contributed by atoms with Gasteiger partial charge in [0.1, 0.15) is 0 Å². The van der Waals surface area contributed by atoms with Crippen molar-refractivity contribution in [2.45, 2.75) is 218 Å². The van der Waals surface area contributed by atoms with Crippen LogP contribution in [-0.2, 0) is 9.47 Å². The van der Waals surface area contributed by atoms with E-state index in [-0.39, 0.29) is 5.79 Å². The third-order valence-electron chi connectivity index (χ3n) is 10.9. The van der Waals surface area contributed by atoms with Crippen LogP contribution in [0.15, 0.2) is 36.5 Å². The van der Waals surface area contributed by atoms with Gasteiger partial charge in [0.05, 0.1) is 12.7 Å². The molecule has 0 amide bonds. The largest absolute Gasteiger partial charge is 0.347 e. The van der Waals surface area contributed by atoms with Crippen molar-refractivity contribution in [2.24, 2.45) is 5.92 Å². The Kier molecular flexibility index (Phi) is 27.8. The van der Waals surface area contributed by atoms with Gasteiger partial charge in [0.25, 0.3) is 0 Å². The Morgan fingerprint density at radius 3 is 1.48 bits per heavy atom. The summed E-state index contributed by atoms with van der Waals surface area (Å²) in [6, 6.07) is 0. The summed E-state index contributed by atoms with van der Waals surface area (Å²) in [7, 11) is 2.26. The lowest BCUT2D eigenvalue weighted by molar-refractivity contribution is -0.181. The molecule has 0 aromatic heterocycles. The van der Waals surface area contributed by atoms with Gasteiger partial charge in [-0.2, -0.15) is 0 Å². The maximum absolute atomic E-state index is 6.87. The SMILES string of the molecule is CCCCCC=CCC=CCCCCCCCCC1(CCCCCCCCC=CCCCCCCC)OCC(CC2CCN(C)CC2)O1. The monoisotopic (exact) mass is 670 g/mol. The fourth-order valence-corrected chi connectivity index (χ4v) is 7.64. The standard InChI is InChI=1S/C45H83NO2/c1-4-6-8-10-12-14-16-18-20-22-24-26-28-30-32-34-38-45(47-42-44(48-45)41-43-35-39-46(3)40-36-43)37-33-31-29-27-25-23-21-19-17-15-13-11-9-7-5-2/h12,14,17-20,43-44H,4-11,13,15-16,21-42H2,1-3H3. The number of rotatable bonds is 32. The minimum Gasteiger partial charge on any atom is -0.347 e. The van der Waals surface area contributed by atoms with Crippen molar-refractivity contribution in [1.29, 1.82) is 0 Å². The van der Waals surface area contributed by atoms with Crippen molar-refractivity contribution in [2.75, 3.05) is 26.7 Å². The quantitative estimate of drug-likeness (QED) is 0.0525. The molecule has 0 radical (unpaired) electrons. The lowest BCUT2D eigenvalue weighted by atomic mass is 9.91. The highest BCUT2D eigenvalue weighted by molar-refractivity contribution is 4.92. The van der Waals surface area contributed by atoms with Crippen LogP contribution in [0, 0.1) is 5.92 Å². The van der Waals surface area contributed by atoms with Crippen LogP contribution in [0.3, 0.4) is 0 Å². The highest BCUT2D eigenvalue weighted by Gasteiger charge is 2.41. The molecule has 0 aromatic carbocycles. The van der Waals surface area contributed by atoms with E-state index in [0.717, 1.165) is 31.8 Å². The molecule has 2 saturated heterocycles. The number of hydrogen-bond donors (Lipinski definition) is 0. The Hall–Kier alpha value is -0.900. The first-order chi connectivity index (χ1) is 23.7. The molecule has 48 heavy (non-hydrogen) atoms. The van der Waals surface area contributed by atoms with Crippen molar-refractivity contribution in [3.63, 3.8) is 0 Å². The van der Waals surface area contributed by atoms with Crippen molar-refractivity contribution in [1.82, 2.24) is 4.90 Å². The van der Waals surface area contributed by atoms with Crippen molar-refractivity contribution in [3.8, 4) is 0 Å². The maximum atomic E-state index is 6.87. The van der Waals surface area contributed by atoms with Gasteiger partial charge in [-0.25, -0.2) is 0 Å². The molecule has 2 fully saturated rings. The summed E-state index contributed by atoms with van der Waals surface area (Å²) in [5, 5.41) is 0. The lowest BCUT2D eigenvalue weighted by Gasteiger charge is -2.31. The van der Waals surface area contributed by atoms with Gasteiger partial charge in [0.15, 0.2) is 5.79 Å². The summed E-state index contributed by atoms with van der Waals surface area (Å²) in [5.41, 5.74) is 0.